The van der Waals surface area contributed by atoms with E-state index in [0.717, 1.165) is 17.0 Å². The zero-order chi connectivity index (χ0) is 48.1. The van der Waals surface area contributed by atoms with Gasteiger partial charge in [-0.05, 0) is 76.3 Å². The lowest BCUT2D eigenvalue weighted by molar-refractivity contribution is -0.222. The Hall–Kier alpha value is -5.25. The van der Waals surface area contributed by atoms with Gasteiger partial charge in [-0.3, -0.25) is 24.0 Å². The molecule has 3 fully saturated rings. The number of allylic oxidation sites excluding steroid dienone is 1. The highest BCUT2D eigenvalue weighted by atomic mass is 32.2. The third-order valence-corrected chi connectivity index (χ3v) is 15.6. The predicted octanol–water partition coefficient (Wildman–Crippen LogP) is 7.81. The van der Waals surface area contributed by atoms with Crippen LogP contribution in [0.25, 0.3) is 22.0 Å². The summed E-state index contributed by atoms with van der Waals surface area (Å²) in [4.78, 5) is 67.0. The normalized spacial score (nSPS) is 26.6. The van der Waals surface area contributed by atoms with Gasteiger partial charge in [0.05, 0.1) is 23.1 Å². The van der Waals surface area contributed by atoms with Crippen LogP contribution >= 0.6 is 11.3 Å². The summed E-state index contributed by atoms with van der Waals surface area (Å²) in [6.45, 7) is 4.31. The van der Waals surface area contributed by atoms with Crippen molar-refractivity contribution in [2.45, 2.75) is 126 Å². The number of benzene rings is 1. The average molecular weight is 969 g/mol. The van der Waals surface area contributed by atoms with Gasteiger partial charge in [0.1, 0.15) is 45.7 Å². The molecule has 2 saturated carbocycles. The molecular formula is C44H50F6N6O8S2. The first-order chi connectivity index (χ1) is 30.9. The number of alkyl halides is 6. The summed E-state index contributed by atoms with van der Waals surface area (Å²) in [5.74, 6) is -4.88. The molecule has 3 aromatic rings. The molecule has 1 saturated heterocycles. The van der Waals surface area contributed by atoms with Crippen molar-refractivity contribution >= 4 is 45.2 Å². The first kappa shape index (κ1) is 48.7. The number of thiazole rings is 1. The number of amides is 4. The molecule has 66 heavy (non-hydrogen) atoms. The molecule has 4 aliphatic rings. The largest absolute Gasteiger partial charge is 0.488 e. The van der Waals surface area contributed by atoms with E-state index in [4.69, 9.17) is 4.74 Å². The molecule has 22 heteroatoms. The van der Waals surface area contributed by atoms with E-state index < -0.39 is 105 Å². The lowest BCUT2D eigenvalue weighted by Gasteiger charge is -2.46. The maximum Gasteiger partial charge on any atom is 0.416 e. The van der Waals surface area contributed by atoms with Crippen molar-refractivity contribution < 1.29 is 63.8 Å². The molecule has 2 aliphatic heterocycles. The van der Waals surface area contributed by atoms with Crippen LogP contribution in [0, 0.1) is 17.8 Å². The Morgan fingerprint density at radius 2 is 1.73 bits per heavy atom. The Morgan fingerprint density at radius 3 is 2.32 bits per heavy atom. The van der Waals surface area contributed by atoms with E-state index >= 15 is 4.79 Å². The van der Waals surface area contributed by atoms with Crippen LogP contribution in [0.5, 0.6) is 5.75 Å². The molecule has 4 heterocycles. The quantitative estimate of drug-likeness (QED) is 0.134. The second-order valence-corrected chi connectivity index (χ2v) is 20.9. The monoisotopic (exact) mass is 968 g/mol. The number of sulfonamides is 1. The molecule has 1 aromatic carbocycles. The molecule has 358 valence electrons. The number of aromatic nitrogens is 2. The molecule has 0 spiro atoms. The minimum absolute atomic E-state index is 0.00617. The average Bonchev–Trinajstić information content (AvgIpc) is 4.10. The summed E-state index contributed by atoms with van der Waals surface area (Å²) in [7, 11) is -4.09. The number of carbonyl (C=O) groups is 4. The number of nitrogens with one attached hydrogen (secondary N) is 2. The minimum Gasteiger partial charge on any atom is -0.488 e. The fraction of sp³-hybridized carbons (Fsp3) is 0.545. The minimum atomic E-state index is -5.16. The van der Waals surface area contributed by atoms with Gasteiger partial charge in [-0.15, -0.1) is 11.3 Å². The van der Waals surface area contributed by atoms with Crippen molar-refractivity contribution in [2.75, 3.05) is 6.54 Å². The molecule has 0 bridgehead atoms. The number of carboxylic acid groups (broad SMARTS) is 1. The van der Waals surface area contributed by atoms with E-state index in [1.807, 2.05) is 6.92 Å². The van der Waals surface area contributed by atoms with Crippen molar-refractivity contribution in [1.29, 1.82) is 0 Å². The van der Waals surface area contributed by atoms with Crippen LogP contribution in [0.15, 0.2) is 60.1 Å². The number of hydrogen-bond donors (Lipinski definition) is 3. The second kappa shape index (κ2) is 18.1. The molecule has 0 unspecified atom stereocenters. The Morgan fingerprint density at radius 1 is 1.05 bits per heavy atom. The van der Waals surface area contributed by atoms with E-state index in [1.54, 1.807) is 24.5 Å². The summed E-state index contributed by atoms with van der Waals surface area (Å²) >= 11 is 1.20. The first-order valence-electron chi connectivity index (χ1n) is 21.6. The zero-order valence-corrected chi connectivity index (χ0v) is 38.0. The highest BCUT2D eigenvalue weighted by Gasteiger charge is 2.63. The predicted molar refractivity (Wildman–Crippen MR) is 229 cm³/mol. The molecule has 0 radical (unpaired) electrons. The van der Waals surface area contributed by atoms with Crippen LogP contribution in [0.1, 0.15) is 84.6 Å². The van der Waals surface area contributed by atoms with Crippen LogP contribution < -0.4 is 14.8 Å². The molecule has 3 N–H and O–H groups in total. The maximum atomic E-state index is 15.3. The highest BCUT2D eigenvalue weighted by Crippen LogP contribution is 2.47. The third-order valence-electron chi connectivity index (χ3n) is 13.0. The number of pyridine rings is 1. The summed E-state index contributed by atoms with van der Waals surface area (Å²) < 4.78 is 120. The molecule has 4 amide bonds. The first-order valence-corrected chi connectivity index (χ1v) is 24.0. The summed E-state index contributed by atoms with van der Waals surface area (Å²) in [5.41, 5.74) is -5.09. The number of carbonyl (C=O) groups excluding carboxylic acids is 3. The molecule has 14 nitrogen and oxygen atoms in total. The number of fused-ring (bicyclic) bond motifs is 2. The number of rotatable bonds is 10. The van der Waals surface area contributed by atoms with Gasteiger partial charge in [-0.2, -0.15) is 26.3 Å². The number of nitrogens with zero attached hydrogens (tertiary/aromatic N) is 4. The second-order valence-electron chi connectivity index (χ2n) is 18.1. The Labute approximate surface area is 381 Å². The SMILES string of the molecule is CC[C@@H]1C[C@H](C)CCC=C[C@@H]2C[C@@]2(C(=O)NS(=O)(=O)C2CC2)NC(=O)[C@@H]2C[C@@H](Oc3cc(-c4ccc(C(F)(F)F)cc4)nc(-c4nccs4)c3)CN2C(=O)[C@H]1N(C(=O)O)C(C)(C)C(F)(F)F. The van der Waals surface area contributed by atoms with Crippen molar-refractivity contribution in [3.8, 4) is 27.7 Å². The van der Waals surface area contributed by atoms with Crippen LogP contribution in [0.2, 0.25) is 0 Å². The molecule has 2 aliphatic carbocycles. The van der Waals surface area contributed by atoms with Gasteiger partial charge in [0, 0.05) is 41.6 Å². The molecule has 7 atom stereocenters. The lowest BCUT2D eigenvalue weighted by Crippen LogP contribution is -2.66. The zero-order valence-electron chi connectivity index (χ0n) is 36.4. The van der Waals surface area contributed by atoms with Gasteiger partial charge in [-0.25, -0.2) is 23.2 Å². The topological polar surface area (TPSA) is 188 Å². The summed E-state index contributed by atoms with van der Waals surface area (Å²) in [6, 6.07) is 3.57. The van der Waals surface area contributed by atoms with Gasteiger partial charge < -0.3 is 20.1 Å². The van der Waals surface area contributed by atoms with E-state index in [2.05, 4.69) is 20.0 Å². The fourth-order valence-corrected chi connectivity index (χ4v) is 10.8. The van der Waals surface area contributed by atoms with Crippen molar-refractivity contribution in [2.24, 2.45) is 17.8 Å². The molecule has 2 aromatic heterocycles. The van der Waals surface area contributed by atoms with Crippen LogP contribution in [0.3, 0.4) is 0 Å². The van der Waals surface area contributed by atoms with Crippen LogP contribution in [0.4, 0.5) is 31.1 Å². The van der Waals surface area contributed by atoms with Gasteiger partial charge in [-0.1, -0.05) is 44.6 Å². The standard InChI is InChI=1S/C44H50F6N6O8S2/c1-5-25-18-24(2)8-6-7-9-28-22-42(28,39(59)54-66(62,63)31-14-15-31)53-36(57)34-21-30(23-55(34)38(58)35(25)56(40(60)61)41(3,4)44(48,49)50)64-29-19-32(52-33(20-29)37-51-16-17-65-37)26-10-12-27(13-11-26)43(45,46)47/h7,9-13,16-17,19-20,24-25,28,30-31,34-35H,5-6,8,14-15,18,21-23H2,1-4H3,(H,53,57)(H,54,59)(H,60,61)/t24-,25-,28-,30-,34+,35+,42-/m1/s1. The number of halogens is 6. The summed E-state index contributed by atoms with van der Waals surface area (Å²) in [5, 5.41) is 14.6. The van der Waals surface area contributed by atoms with Crippen LogP contribution in [-0.4, -0.2) is 104 Å². The van der Waals surface area contributed by atoms with Crippen molar-refractivity contribution in [3.63, 3.8) is 0 Å². The van der Waals surface area contributed by atoms with Gasteiger partial charge in [0.2, 0.25) is 21.8 Å². The van der Waals surface area contributed by atoms with Crippen LogP contribution in [-0.2, 0) is 30.6 Å². The van der Waals surface area contributed by atoms with E-state index in [1.165, 1.54) is 41.8 Å². The lowest BCUT2D eigenvalue weighted by atomic mass is 9.82. The third kappa shape index (κ3) is 10.0. The highest BCUT2D eigenvalue weighted by molar-refractivity contribution is 7.91. The Balaban J connectivity index is 1.31. The van der Waals surface area contributed by atoms with Gasteiger partial charge in [0.15, 0.2) is 0 Å². The Kier molecular flexibility index (Phi) is 13.3. The van der Waals surface area contributed by atoms with Gasteiger partial charge >= 0.3 is 18.4 Å². The van der Waals surface area contributed by atoms with E-state index in [9.17, 15) is 54.3 Å². The van der Waals surface area contributed by atoms with Crippen molar-refractivity contribution in [3.05, 3.63) is 65.7 Å². The van der Waals surface area contributed by atoms with E-state index in [0.29, 0.717) is 44.5 Å². The molecule has 7 rings (SSSR count). The maximum absolute atomic E-state index is 15.3. The fourth-order valence-electron chi connectivity index (χ4n) is 8.88. The van der Waals surface area contributed by atoms with Gasteiger partial charge in [0.25, 0.3) is 5.91 Å². The smallest absolute Gasteiger partial charge is 0.416 e. The number of ether oxygens (including phenoxy) is 1. The van der Waals surface area contributed by atoms with Crippen molar-refractivity contribution in [1.82, 2.24) is 29.8 Å². The summed E-state index contributed by atoms with van der Waals surface area (Å²) in [6.07, 6.45) is -6.50. The number of hydrogen-bond acceptors (Lipinski definition) is 10. The molecular weight excluding hydrogens is 919 g/mol. The Bertz CT molecular complexity index is 2460. The van der Waals surface area contributed by atoms with E-state index in [-0.39, 0.29) is 59.2 Å².